The lowest BCUT2D eigenvalue weighted by molar-refractivity contribution is 0.354. The number of benzene rings is 1. The number of unbranched alkanes of at least 4 members (excludes halogenated alkanes) is 7. The van der Waals surface area contributed by atoms with Gasteiger partial charge in [-0.05, 0) is 24.8 Å². The fraction of sp³-hybridized carbons (Fsp3) is 0.609. The quantitative estimate of drug-likeness (QED) is 0.276. The van der Waals surface area contributed by atoms with Crippen LogP contribution in [0.5, 0.6) is 0 Å². The number of guanidine groups is 1. The molecule has 166 valence electrons. The Labute approximate surface area is 186 Å². The van der Waals surface area contributed by atoms with Crippen LogP contribution in [0.4, 0.5) is 0 Å². The van der Waals surface area contributed by atoms with Crippen molar-refractivity contribution in [2.45, 2.75) is 77.0 Å². The molecular formula is C23H36ClN5O. The molecule has 0 radical (unpaired) electrons. The molecule has 7 heteroatoms. The molecule has 1 aromatic heterocycles. The first-order valence-corrected chi connectivity index (χ1v) is 11.2. The lowest BCUT2D eigenvalue weighted by Crippen LogP contribution is -2.34. The van der Waals surface area contributed by atoms with Gasteiger partial charge < -0.3 is 15.2 Å². The molecule has 1 saturated heterocycles. The summed E-state index contributed by atoms with van der Waals surface area (Å²) in [7, 11) is 0. The predicted octanol–water partition coefficient (Wildman–Crippen LogP) is 5.52. The standard InChI is InChI=1S/C23H35N5O.ClH/c1-2-3-4-5-6-7-8-9-10-18-11-13-19(14-12-18)21-26-22(29-27-21)20-15-16-28(17-20)23(24)25;/h11-14,20H,2-10,15-17H2,1H3,(H3,24,25);1H/t20-;/m1./s1. The second kappa shape index (κ2) is 12.6. The molecule has 1 atom stereocenters. The fourth-order valence-corrected chi connectivity index (χ4v) is 3.98. The van der Waals surface area contributed by atoms with Gasteiger partial charge in [0.1, 0.15) is 0 Å². The van der Waals surface area contributed by atoms with E-state index in [2.05, 4.69) is 41.3 Å². The minimum Gasteiger partial charge on any atom is -0.370 e. The first kappa shape index (κ1) is 24.2. The van der Waals surface area contributed by atoms with Crippen molar-refractivity contribution in [1.82, 2.24) is 15.0 Å². The first-order valence-electron chi connectivity index (χ1n) is 11.2. The van der Waals surface area contributed by atoms with Crippen LogP contribution in [-0.2, 0) is 6.42 Å². The van der Waals surface area contributed by atoms with Gasteiger partial charge in [0.2, 0.25) is 11.7 Å². The van der Waals surface area contributed by atoms with Gasteiger partial charge in [-0.1, -0.05) is 81.3 Å². The van der Waals surface area contributed by atoms with Gasteiger partial charge in [0.25, 0.3) is 0 Å². The molecule has 0 bridgehead atoms. The summed E-state index contributed by atoms with van der Waals surface area (Å²) >= 11 is 0. The Morgan fingerprint density at radius 1 is 1.10 bits per heavy atom. The minimum absolute atomic E-state index is 0. The molecule has 0 unspecified atom stereocenters. The van der Waals surface area contributed by atoms with Crippen molar-refractivity contribution in [2.24, 2.45) is 5.73 Å². The molecule has 3 N–H and O–H groups in total. The number of rotatable bonds is 11. The van der Waals surface area contributed by atoms with Gasteiger partial charge in [-0.15, -0.1) is 12.4 Å². The molecule has 1 aliphatic heterocycles. The van der Waals surface area contributed by atoms with Gasteiger partial charge in [0.15, 0.2) is 5.96 Å². The molecule has 1 aromatic carbocycles. The number of nitrogens with two attached hydrogens (primary N) is 1. The van der Waals surface area contributed by atoms with Crippen molar-refractivity contribution in [3.05, 3.63) is 35.7 Å². The zero-order valence-electron chi connectivity index (χ0n) is 18.1. The Kier molecular flexibility index (Phi) is 10.1. The van der Waals surface area contributed by atoms with Crippen molar-refractivity contribution >= 4 is 18.4 Å². The number of halogens is 1. The summed E-state index contributed by atoms with van der Waals surface area (Å²) in [6, 6.07) is 8.54. The number of likely N-dealkylation sites (tertiary alicyclic amines) is 1. The van der Waals surface area contributed by atoms with Crippen LogP contribution in [0, 0.1) is 5.41 Å². The Morgan fingerprint density at radius 2 is 1.77 bits per heavy atom. The van der Waals surface area contributed by atoms with E-state index in [-0.39, 0.29) is 24.3 Å². The normalized spacial score (nSPS) is 15.9. The molecule has 30 heavy (non-hydrogen) atoms. The highest BCUT2D eigenvalue weighted by Gasteiger charge is 2.29. The third-order valence-electron chi connectivity index (χ3n) is 5.85. The third-order valence-corrected chi connectivity index (χ3v) is 5.85. The molecule has 1 fully saturated rings. The Bertz CT molecular complexity index is 761. The summed E-state index contributed by atoms with van der Waals surface area (Å²) in [6.45, 7) is 3.71. The van der Waals surface area contributed by atoms with Crippen LogP contribution in [0.2, 0.25) is 0 Å². The van der Waals surface area contributed by atoms with Gasteiger partial charge in [0.05, 0.1) is 5.92 Å². The molecule has 0 amide bonds. The maximum absolute atomic E-state index is 7.55. The van der Waals surface area contributed by atoms with Crippen LogP contribution in [0.15, 0.2) is 28.8 Å². The summed E-state index contributed by atoms with van der Waals surface area (Å²) < 4.78 is 5.49. The highest BCUT2D eigenvalue weighted by molar-refractivity contribution is 5.85. The van der Waals surface area contributed by atoms with Gasteiger partial charge in [-0.3, -0.25) is 5.41 Å². The topological polar surface area (TPSA) is 92.0 Å². The molecule has 2 heterocycles. The number of aryl methyl sites for hydroxylation is 1. The van der Waals surface area contributed by atoms with E-state index < -0.39 is 0 Å². The second-order valence-electron chi connectivity index (χ2n) is 8.19. The predicted molar refractivity (Wildman–Crippen MR) is 124 cm³/mol. The van der Waals surface area contributed by atoms with E-state index in [1.54, 1.807) is 0 Å². The van der Waals surface area contributed by atoms with Gasteiger partial charge >= 0.3 is 0 Å². The zero-order valence-corrected chi connectivity index (χ0v) is 18.9. The average molecular weight is 434 g/mol. The number of nitrogens with one attached hydrogen (secondary N) is 1. The van der Waals surface area contributed by atoms with Crippen LogP contribution in [0.25, 0.3) is 11.4 Å². The van der Waals surface area contributed by atoms with E-state index in [1.807, 2.05) is 4.90 Å². The van der Waals surface area contributed by atoms with Crippen LogP contribution < -0.4 is 5.73 Å². The zero-order chi connectivity index (χ0) is 20.5. The summed E-state index contributed by atoms with van der Waals surface area (Å²) in [5, 5.41) is 11.7. The van der Waals surface area contributed by atoms with E-state index in [1.165, 1.54) is 56.9 Å². The lowest BCUT2D eigenvalue weighted by Gasteiger charge is -2.14. The molecule has 0 saturated carbocycles. The van der Waals surface area contributed by atoms with E-state index in [9.17, 15) is 0 Å². The molecular weight excluding hydrogens is 398 g/mol. The monoisotopic (exact) mass is 433 g/mol. The highest BCUT2D eigenvalue weighted by Crippen LogP contribution is 2.27. The molecule has 3 rings (SSSR count). The Balaban J connectivity index is 0.00000320. The summed E-state index contributed by atoms with van der Waals surface area (Å²) in [5.74, 6) is 1.55. The molecule has 2 aromatic rings. The number of aromatic nitrogens is 2. The van der Waals surface area contributed by atoms with E-state index in [4.69, 9.17) is 15.7 Å². The van der Waals surface area contributed by atoms with Crippen LogP contribution >= 0.6 is 12.4 Å². The third kappa shape index (κ3) is 7.01. The largest absolute Gasteiger partial charge is 0.370 e. The Hall–Kier alpha value is -2.08. The molecule has 6 nitrogen and oxygen atoms in total. The van der Waals surface area contributed by atoms with Gasteiger partial charge in [-0.2, -0.15) is 4.98 Å². The summed E-state index contributed by atoms with van der Waals surface area (Å²) in [4.78, 5) is 6.43. The van der Waals surface area contributed by atoms with E-state index in [0.717, 1.165) is 24.9 Å². The maximum Gasteiger partial charge on any atom is 0.231 e. The number of hydrogen-bond acceptors (Lipinski definition) is 4. The van der Waals surface area contributed by atoms with Crippen molar-refractivity contribution in [3.8, 4) is 11.4 Å². The van der Waals surface area contributed by atoms with Crippen molar-refractivity contribution in [3.63, 3.8) is 0 Å². The SMILES string of the molecule is CCCCCCCCCCc1ccc(-c2noc([C@@H]3CCN(C(=N)N)C3)n2)cc1.Cl. The highest BCUT2D eigenvalue weighted by atomic mass is 35.5. The smallest absolute Gasteiger partial charge is 0.231 e. The van der Waals surface area contributed by atoms with E-state index >= 15 is 0 Å². The summed E-state index contributed by atoms with van der Waals surface area (Å²) in [6.07, 6.45) is 12.8. The molecule has 0 aliphatic carbocycles. The second-order valence-corrected chi connectivity index (χ2v) is 8.19. The van der Waals surface area contributed by atoms with Crippen LogP contribution in [-0.4, -0.2) is 34.1 Å². The van der Waals surface area contributed by atoms with Crippen LogP contribution in [0.3, 0.4) is 0 Å². The van der Waals surface area contributed by atoms with Gasteiger partial charge in [0, 0.05) is 18.7 Å². The van der Waals surface area contributed by atoms with Gasteiger partial charge in [-0.25, -0.2) is 0 Å². The average Bonchev–Trinajstić information content (AvgIpc) is 3.40. The maximum atomic E-state index is 7.55. The van der Waals surface area contributed by atoms with Crippen molar-refractivity contribution in [2.75, 3.05) is 13.1 Å². The fourth-order valence-electron chi connectivity index (χ4n) is 3.98. The minimum atomic E-state index is 0. The lowest BCUT2D eigenvalue weighted by atomic mass is 10.0. The Morgan fingerprint density at radius 3 is 2.40 bits per heavy atom. The number of nitrogens with zero attached hydrogens (tertiary/aromatic N) is 3. The van der Waals surface area contributed by atoms with Crippen molar-refractivity contribution < 1.29 is 4.52 Å². The van der Waals surface area contributed by atoms with E-state index in [0.29, 0.717) is 18.3 Å². The van der Waals surface area contributed by atoms with Crippen LogP contribution in [0.1, 0.15) is 82.1 Å². The first-order chi connectivity index (χ1) is 14.2. The van der Waals surface area contributed by atoms with Crippen molar-refractivity contribution in [1.29, 1.82) is 5.41 Å². The molecule has 1 aliphatic rings. The molecule has 0 spiro atoms. The summed E-state index contributed by atoms with van der Waals surface area (Å²) in [5.41, 5.74) is 7.93. The number of hydrogen-bond donors (Lipinski definition) is 2.